The maximum absolute atomic E-state index is 12.7. The summed E-state index contributed by atoms with van der Waals surface area (Å²) in [7, 11) is 0. The van der Waals surface area contributed by atoms with Gasteiger partial charge in [0.2, 0.25) is 0 Å². The first-order valence-corrected chi connectivity index (χ1v) is 13.7. The Morgan fingerprint density at radius 1 is 0.789 bits per heavy atom. The molecule has 3 aromatic carbocycles. The van der Waals surface area contributed by atoms with Gasteiger partial charge in [-0.05, 0) is 36.8 Å². The monoisotopic (exact) mass is 517 g/mol. The molecule has 0 aliphatic carbocycles. The number of ketones is 1. The van der Waals surface area contributed by atoms with Crippen molar-refractivity contribution in [3.05, 3.63) is 106 Å². The zero-order chi connectivity index (χ0) is 27.0. The smallest absolute Gasteiger partial charge is 0.274 e. The van der Waals surface area contributed by atoms with Gasteiger partial charge in [-0.25, -0.2) is 0 Å². The van der Waals surface area contributed by atoms with Crippen LogP contribution in [-0.2, 0) is 11.3 Å². The lowest BCUT2D eigenvalue weighted by Gasteiger charge is -2.19. The van der Waals surface area contributed by atoms with Crippen LogP contribution in [0, 0.1) is 10.1 Å². The summed E-state index contributed by atoms with van der Waals surface area (Å²) >= 11 is 0. The van der Waals surface area contributed by atoms with Crippen LogP contribution in [-0.4, -0.2) is 23.4 Å². The van der Waals surface area contributed by atoms with Gasteiger partial charge in [0.05, 0.1) is 23.2 Å². The predicted octanol–water partition coefficient (Wildman–Crippen LogP) is 8.32. The van der Waals surface area contributed by atoms with Crippen molar-refractivity contribution in [1.82, 2.24) is 0 Å². The van der Waals surface area contributed by atoms with Gasteiger partial charge in [0, 0.05) is 17.2 Å². The highest BCUT2D eigenvalue weighted by molar-refractivity contribution is 6.08. The minimum absolute atomic E-state index is 0.0301. The lowest BCUT2D eigenvalue weighted by Crippen LogP contribution is -2.22. The molecule has 0 bridgehead atoms. The van der Waals surface area contributed by atoms with E-state index < -0.39 is 0 Å². The highest BCUT2D eigenvalue weighted by Gasteiger charge is 2.16. The van der Waals surface area contributed by atoms with Gasteiger partial charge in [-0.3, -0.25) is 14.9 Å². The van der Waals surface area contributed by atoms with E-state index in [0.29, 0.717) is 29.0 Å². The molecule has 3 aromatic rings. The van der Waals surface area contributed by atoms with Crippen LogP contribution in [0.2, 0.25) is 0 Å². The summed E-state index contributed by atoms with van der Waals surface area (Å²) in [5.74, 6) is 0.627. The molecule has 1 unspecified atom stereocenters. The molecule has 6 heteroatoms. The lowest BCUT2D eigenvalue weighted by molar-refractivity contribution is -0.386. The number of ether oxygens (including phenoxy) is 2. The van der Waals surface area contributed by atoms with Crippen LogP contribution < -0.4 is 4.74 Å². The highest BCUT2D eigenvalue weighted by atomic mass is 16.6. The molecule has 6 nitrogen and oxygen atoms in total. The Kier molecular flexibility index (Phi) is 12.5. The summed E-state index contributed by atoms with van der Waals surface area (Å²) in [5, 5.41) is 11.4. The summed E-state index contributed by atoms with van der Waals surface area (Å²) in [6, 6.07) is 23.0. The number of para-hydroxylation sites is 1. The van der Waals surface area contributed by atoms with Gasteiger partial charge in [-0.2, -0.15) is 0 Å². The Hall–Kier alpha value is -3.51. The molecule has 0 aliphatic rings. The van der Waals surface area contributed by atoms with Gasteiger partial charge in [-0.1, -0.05) is 101 Å². The van der Waals surface area contributed by atoms with E-state index in [1.165, 1.54) is 44.6 Å². The van der Waals surface area contributed by atoms with Crippen LogP contribution in [0.3, 0.4) is 0 Å². The van der Waals surface area contributed by atoms with Gasteiger partial charge in [0.25, 0.3) is 5.69 Å². The average Bonchev–Trinajstić information content (AvgIpc) is 2.96. The third-order valence-corrected chi connectivity index (χ3v) is 6.63. The Morgan fingerprint density at radius 2 is 1.39 bits per heavy atom. The topological polar surface area (TPSA) is 78.7 Å². The van der Waals surface area contributed by atoms with Gasteiger partial charge < -0.3 is 9.47 Å². The molecular formula is C32H39NO5. The molecule has 0 aromatic heterocycles. The van der Waals surface area contributed by atoms with Crippen molar-refractivity contribution in [1.29, 1.82) is 0 Å². The van der Waals surface area contributed by atoms with Crippen LogP contribution in [0.15, 0.2) is 78.9 Å². The average molecular weight is 518 g/mol. The maximum atomic E-state index is 12.7. The highest BCUT2D eigenvalue weighted by Crippen LogP contribution is 2.22. The first-order valence-electron chi connectivity index (χ1n) is 13.7. The van der Waals surface area contributed by atoms with Crippen molar-refractivity contribution in [2.24, 2.45) is 0 Å². The third kappa shape index (κ3) is 9.75. The van der Waals surface area contributed by atoms with Crippen LogP contribution in [0.25, 0.3) is 0 Å². The van der Waals surface area contributed by atoms with E-state index in [4.69, 9.17) is 9.47 Å². The Morgan fingerprint density at radius 3 is 2.08 bits per heavy atom. The van der Waals surface area contributed by atoms with Crippen molar-refractivity contribution in [3.8, 4) is 5.75 Å². The van der Waals surface area contributed by atoms with Crippen LogP contribution in [0.1, 0.15) is 86.2 Å². The van der Waals surface area contributed by atoms with E-state index in [0.717, 1.165) is 19.3 Å². The zero-order valence-corrected chi connectivity index (χ0v) is 22.3. The Labute approximate surface area is 226 Å². The zero-order valence-electron chi connectivity index (χ0n) is 22.3. The van der Waals surface area contributed by atoms with Crippen LogP contribution in [0.5, 0.6) is 5.75 Å². The maximum Gasteiger partial charge on any atom is 0.274 e. The molecule has 0 fully saturated rings. The first-order chi connectivity index (χ1) is 18.6. The largest absolute Gasteiger partial charge is 0.491 e. The molecular weight excluding hydrogens is 478 g/mol. The van der Waals surface area contributed by atoms with Gasteiger partial charge in [-0.15, -0.1) is 0 Å². The molecule has 0 radical (unpaired) electrons. The Balaban J connectivity index is 1.54. The van der Waals surface area contributed by atoms with Gasteiger partial charge >= 0.3 is 0 Å². The number of benzene rings is 3. The summed E-state index contributed by atoms with van der Waals surface area (Å²) in [6.07, 6.45) is 10.4. The number of unbranched alkanes of at least 4 members (excludes halogenated alkanes) is 7. The van der Waals surface area contributed by atoms with Crippen LogP contribution in [0.4, 0.5) is 5.69 Å². The number of carbonyl (C=O) groups excluding carboxylic acids is 1. The summed E-state index contributed by atoms with van der Waals surface area (Å²) in [6.45, 7) is 2.72. The van der Waals surface area contributed by atoms with Crippen molar-refractivity contribution in [3.63, 3.8) is 0 Å². The number of carbonyl (C=O) groups is 1. The van der Waals surface area contributed by atoms with Gasteiger partial charge in [0.15, 0.2) is 5.78 Å². The third-order valence-electron chi connectivity index (χ3n) is 6.63. The number of rotatable bonds is 18. The molecule has 0 N–H and O–H groups in total. The molecule has 0 heterocycles. The summed E-state index contributed by atoms with van der Waals surface area (Å²) < 4.78 is 12.2. The molecule has 0 saturated carbocycles. The minimum Gasteiger partial charge on any atom is -0.491 e. The first kappa shape index (κ1) is 29.1. The number of hydrogen-bond acceptors (Lipinski definition) is 5. The normalized spacial score (nSPS) is 11.7. The van der Waals surface area contributed by atoms with Crippen molar-refractivity contribution in [2.75, 3.05) is 6.61 Å². The number of nitro groups is 1. The second-order valence-electron chi connectivity index (χ2n) is 9.61. The van der Waals surface area contributed by atoms with E-state index in [9.17, 15) is 14.9 Å². The van der Waals surface area contributed by atoms with Crippen molar-refractivity contribution in [2.45, 2.75) is 77.4 Å². The van der Waals surface area contributed by atoms with Gasteiger partial charge in [0.1, 0.15) is 12.4 Å². The molecule has 3 rings (SSSR count). The van der Waals surface area contributed by atoms with E-state index >= 15 is 0 Å². The minimum atomic E-state index is -0.374. The fraction of sp³-hybridized carbons (Fsp3) is 0.406. The number of nitro benzene ring substituents is 1. The predicted molar refractivity (Wildman–Crippen MR) is 151 cm³/mol. The molecule has 0 aliphatic heterocycles. The van der Waals surface area contributed by atoms with Crippen LogP contribution >= 0.6 is 0 Å². The summed E-state index contributed by atoms with van der Waals surface area (Å²) in [5.41, 5.74) is 1.88. The van der Waals surface area contributed by atoms with Crippen molar-refractivity contribution >= 4 is 11.5 Å². The number of hydrogen-bond donors (Lipinski definition) is 0. The van der Waals surface area contributed by atoms with E-state index in [-0.39, 0.29) is 29.1 Å². The van der Waals surface area contributed by atoms with Crippen molar-refractivity contribution < 1.29 is 19.2 Å². The van der Waals surface area contributed by atoms with E-state index in [1.807, 2.05) is 18.2 Å². The lowest BCUT2D eigenvalue weighted by atomic mass is 10.0. The summed E-state index contributed by atoms with van der Waals surface area (Å²) in [4.78, 5) is 23.7. The fourth-order valence-electron chi connectivity index (χ4n) is 4.39. The second-order valence-corrected chi connectivity index (χ2v) is 9.61. The molecule has 0 spiro atoms. The molecule has 38 heavy (non-hydrogen) atoms. The second kappa shape index (κ2) is 16.4. The fourth-order valence-corrected chi connectivity index (χ4v) is 4.39. The molecule has 0 saturated heterocycles. The van der Waals surface area contributed by atoms with E-state index in [1.54, 1.807) is 54.6 Å². The van der Waals surface area contributed by atoms with E-state index in [2.05, 4.69) is 6.92 Å². The number of nitrogens with zero attached hydrogens (tertiary/aromatic N) is 1. The SMILES string of the molecule is CCCCCCCCCCC(COc1ccc(C(=O)c2ccccc2)cc1)OCc1ccccc1[N+](=O)[O-]. The Bertz CT molecular complexity index is 1110. The molecule has 202 valence electrons. The molecule has 1 atom stereocenters. The molecule has 0 amide bonds. The standard InChI is InChI=1S/C32H39NO5/c1-2-3-4-5-6-7-8-12-18-30(37-24-28-17-13-14-19-31(28)33(35)36)25-38-29-22-20-27(21-23-29)32(34)26-15-10-9-11-16-26/h9-11,13-17,19-23,30H,2-8,12,18,24-25H2,1H3. The quantitative estimate of drug-likeness (QED) is 0.0733.